The molecule has 0 N–H and O–H groups in total. The van der Waals surface area contributed by atoms with Crippen LogP contribution in [0, 0.1) is 0 Å². The zero-order valence-corrected chi connectivity index (χ0v) is 11.9. The molecule has 19 heavy (non-hydrogen) atoms. The normalized spacial score (nSPS) is 19.7. The average molecular weight is 265 g/mol. The molecule has 0 bridgehead atoms. The van der Waals surface area contributed by atoms with Gasteiger partial charge in [-0.25, -0.2) is 0 Å². The molecule has 2 heterocycles. The van der Waals surface area contributed by atoms with Crippen LogP contribution in [-0.2, 0) is 17.6 Å². The van der Waals surface area contributed by atoms with Gasteiger partial charge in [-0.05, 0) is 32.6 Å². The molecule has 0 aromatic carbocycles. The first kappa shape index (κ1) is 14.0. The molecular weight excluding hydrogens is 242 g/mol. The summed E-state index contributed by atoms with van der Waals surface area (Å²) in [5.41, 5.74) is 0. The molecule has 0 saturated carbocycles. The van der Waals surface area contributed by atoms with Crippen LogP contribution in [0.4, 0.5) is 0 Å². The van der Waals surface area contributed by atoms with Crippen LogP contribution < -0.4 is 0 Å². The fraction of sp³-hybridized carbons (Fsp3) is 0.786. The van der Waals surface area contributed by atoms with Gasteiger partial charge in [0.25, 0.3) is 0 Å². The molecule has 1 atom stereocenters. The van der Waals surface area contributed by atoms with Crippen LogP contribution in [0.25, 0.3) is 0 Å². The minimum Gasteiger partial charge on any atom is -0.340 e. The van der Waals surface area contributed by atoms with E-state index in [0.29, 0.717) is 24.8 Å². The number of likely N-dealkylation sites (tertiary alicyclic amines) is 1. The molecule has 5 nitrogen and oxygen atoms in total. The Morgan fingerprint density at radius 3 is 3.00 bits per heavy atom. The Kier molecular flexibility index (Phi) is 4.93. The first-order valence-corrected chi connectivity index (χ1v) is 7.31. The standard InChI is InChI=1S/C14H23N3O2/c1-3-6-12-15-13(19-16-12)8-9-14(18)17-10-5-4-7-11(17)2/h11H,3-10H2,1-2H3. The van der Waals surface area contributed by atoms with Gasteiger partial charge in [0.2, 0.25) is 11.8 Å². The van der Waals surface area contributed by atoms with Crippen LogP contribution in [-0.4, -0.2) is 33.5 Å². The van der Waals surface area contributed by atoms with Crippen molar-refractivity contribution < 1.29 is 9.32 Å². The van der Waals surface area contributed by atoms with E-state index in [9.17, 15) is 4.79 Å². The van der Waals surface area contributed by atoms with Crippen molar-refractivity contribution >= 4 is 5.91 Å². The molecule has 1 aromatic heterocycles. The number of rotatable bonds is 5. The number of aromatic nitrogens is 2. The first-order chi connectivity index (χ1) is 9.20. The van der Waals surface area contributed by atoms with Gasteiger partial charge in [-0.2, -0.15) is 4.98 Å². The maximum Gasteiger partial charge on any atom is 0.227 e. The summed E-state index contributed by atoms with van der Waals surface area (Å²) in [4.78, 5) is 18.4. The van der Waals surface area contributed by atoms with E-state index in [4.69, 9.17) is 4.52 Å². The summed E-state index contributed by atoms with van der Waals surface area (Å²) in [6, 6.07) is 0.375. The van der Waals surface area contributed by atoms with E-state index in [-0.39, 0.29) is 5.91 Å². The highest BCUT2D eigenvalue weighted by molar-refractivity contribution is 5.76. The summed E-state index contributed by atoms with van der Waals surface area (Å²) in [5, 5.41) is 3.90. The first-order valence-electron chi connectivity index (χ1n) is 7.31. The zero-order chi connectivity index (χ0) is 13.7. The Labute approximate surface area is 114 Å². The number of amides is 1. The lowest BCUT2D eigenvalue weighted by Gasteiger charge is -2.33. The zero-order valence-electron chi connectivity index (χ0n) is 11.9. The van der Waals surface area contributed by atoms with Crippen LogP contribution >= 0.6 is 0 Å². The van der Waals surface area contributed by atoms with Gasteiger partial charge in [-0.1, -0.05) is 12.1 Å². The molecule has 0 aliphatic carbocycles. The molecule has 1 aromatic rings. The molecule has 0 radical (unpaired) electrons. The summed E-state index contributed by atoms with van der Waals surface area (Å²) in [7, 11) is 0. The number of piperidine rings is 1. The van der Waals surface area contributed by atoms with Crippen molar-refractivity contribution in [2.24, 2.45) is 0 Å². The number of nitrogens with zero attached hydrogens (tertiary/aromatic N) is 3. The van der Waals surface area contributed by atoms with Crippen LogP contribution in [0.2, 0.25) is 0 Å². The van der Waals surface area contributed by atoms with E-state index in [1.54, 1.807) is 0 Å². The van der Waals surface area contributed by atoms with Gasteiger partial charge < -0.3 is 9.42 Å². The topological polar surface area (TPSA) is 59.2 Å². The summed E-state index contributed by atoms with van der Waals surface area (Å²) in [6.07, 6.45) is 6.33. The molecule has 2 rings (SSSR count). The second-order valence-corrected chi connectivity index (χ2v) is 5.29. The fourth-order valence-electron chi connectivity index (χ4n) is 2.54. The Morgan fingerprint density at radius 2 is 2.26 bits per heavy atom. The number of hydrogen-bond donors (Lipinski definition) is 0. The highest BCUT2D eigenvalue weighted by Crippen LogP contribution is 2.17. The molecule has 0 spiro atoms. The molecule has 106 valence electrons. The fourth-order valence-corrected chi connectivity index (χ4v) is 2.54. The van der Waals surface area contributed by atoms with Crippen LogP contribution in [0.3, 0.4) is 0 Å². The lowest BCUT2D eigenvalue weighted by Crippen LogP contribution is -2.42. The quantitative estimate of drug-likeness (QED) is 0.820. The third-order valence-corrected chi connectivity index (χ3v) is 3.66. The van der Waals surface area contributed by atoms with Crippen LogP contribution in [0.1, 0.15) is 57.7 Å². The van der Waals surface area contributed by atoms with E-state index in [2.05, 4.69) is 24.0 Å². The summed E-state index contributed by atoms with van der Waals surface area (Å²) >= 11 is 0. The van der Waals surface area contributed by atoms with Gasteiger partial charge in [-0.3, -0.25) is 4.79 Å². The van der Waals surface area contributed by atoms with Crippen LogP contribution in [0.15, 0.2) is 4.52 Å². The smallest absolute Gasteiger partial charge is 0.227 e. The number of hydrogen-bond acceptors (Lipinski definition) is 4. The minimum atomic E-state index is 0.211. The van der Waals surface area contributed by atoms with Crippen molar-refractivity contribution in [2.45, 2.75) is 64.8 Å². The Hall–Kier alpha value is -1.39. The minimum absolute atomic E-state index is 0.211. The Bertz CT molecular complexity index is 417. The summed E-state index contributed by atoms with van der Waals surface area (Å²) in [5.74, 6) is 1.54. The monoisotopic (exact) mass is 265 g/mol. The predicted octanol–water partition coefficient (Wildman–Crippen LogP) is 2.36. The molecule has 1 aliphatic heterocycles. The second-order valence-electron chi connectivity index (χ2n) is 5.29. The number of carbonyl (C=O) groups is 1. The van der Waals surface area contributed by atoms with E-state index >= 15 is 0 Å². The van der Waals surface area contributed by atoms with Gasteiger partial charge in [0.15, 0.2) is 5.82 Å². The number of carbonyl (C=O) groups excluding carboxylic acids is 1. The lowest BCUT2D eigenvalue weighted by atomic mass is 10.0. The van der Waals surface area contributed by atoms with Gasteiger partial charge in [0, 0.05) is 31.8 Å². The van der Waals surface area contributed by atoms with Gasteiger partial charge in [0.1, 0.15) is 0 Å². The van der Waals surface area contributed by atoms with Gasteiger partial charge >= 0.3 is 0 Å². The van der Waals surface area contributed by atoms with Crippen molar-refractivity contribution in [1.29, 1.82) is 0 Å². The Balaban J connectivity index is 1.81. The van der Waals surface area contributed by atoms with Gasteiger partial charge in [-0.15, -0.1) is 0 Å². The van der Waals surface area contributed by atoms with Crippen molar-refractivity contribution in [3.05, 3.63) is 11.7 Å². The van der Waals surface area contributed by atoms with Crippen molar-refractivity contribution in [3.63, 3.8) is 0 Å². The van der Waals surface area contributed by atoms with E-state index < -0.39 is 0 Å². The molecule has 1 aliphatic rings. The third-order valence-electron chi connectivity index (χ3n) is 3.66. The van der Waals surface area contributed by atoms with Crippen molar-refractivity contribution in [1.82, 2.24) is 15.0 Å². The maximum atomic E-state index is 12.2. The molecule has 1 fully saturated rings. The van der Waals surface area contributed by atoms with E-state index in [1.807, 2.05) is 4.90 Å². The van der Waals surface area contributed by atoms with Gasteiger partial charge in [0.05, 0.1) is 0 Å². The average Bonchev–Trinajstić information content (AvgIpc) is 2.85. The largest absolute Gasteiger partial charge is 0.340 e. The SMILES string of the molecule is CCCc1noc(CCC(=O)N2CCCCC2C)n1. The highest BCUT2D eigenvalue weighted by atomic mass is 16.5. The predicted molar refractivity (Wildman–Crippen MR) is 71.6 cm³/mol. The molecular formula is C14H23N3O2. The lowest BCUT2D eigenvalue weighted by molar-refractivity contribution is -0.134. The molecule has 1 unspecified atom stereocenters. The van der Waals surface area contributed by atoms with E-state index in [1.165, 1.54) is 6.42 Å². The number of aryl methyl sites for hydroxylation is 2. The van der Waals surface area contributed by atoms with Crippen LogP contribution in [0.5, 0.6) is 0 Å². The molecule has 1 amide bonds. The second kappa shape index (κ2) is 6.68. The van der Waals surface area contributed by atoms with E-state index in [0.717, 1.165) is 38.1 Å². The molecule has 5 heteroatoms. The van der Waals surface area contributed by atoms with Crippen molar-refractivity contribution in [3.8, 4) is 0 Å². The summed E-state index contributed by atoms with van der Waals surface area (Å²) < 4.78 is 5.15. The molecule has 1 saturated heterocycles. The van der Waals surface area contributed by atoms with Crippen molar-refractivity contribution in [2.75, 3.05) is 6.54 Å². The Morgan fingerprint density at radius 1 is 1.42 bits per heavy atom. The summed E-state index contributed by atoms with van der Waals surface area (Å²) in [6.45, 7) is 5.10. The highest BCUT2D eigenvalue weighted by Gasteiger charge is 2.23. The maximum absolute atomic E-state index is 12.2. The third kappa shape index (κ3) is 3.78.